The Labute approximate surface area is 198 Å². The first-order valence-corrected chi connectivity index (χ1v) is 11.0. The molecule has 0 aromatic carbocycles. The predicted molar refractivity (Wildman–Crippen MR) is 129 cm³/mol. The number of ether oxygens (including phenoxy) is 2. The highest BCUT2D eigenvalue weighted by Gasteiger charge is 2.24. The van der Waals surface area contributed by atoms with Crippen molar-refractivity contribution in [2.45, 2.75) is 6.92 Å². The Morgan fingerprint density at radius 3 is 2.10 bits per heavy atom. The molecule has 0 aromatic heterocycles. The first-order chi connectivity index (χ1) is 14.2. The summed E-state index contributed by atoms with van der Waals surface area (Å²) in [5.41, 5.74) is 0. The highest BCUT2D eigenvalue weighted by molar-refractivity contribution is 14.0. The van der Waals surface area contributed by atoms with Crippen molar-refractivity contribution in [2.75, 3.05) is 105 Å². The van der Waals surface area contributed by atoms with E-state index in [2.05, 4.69) is 31.9 Å². The van der Waals surface area contributed by atoms with Crippen LogP contribution in [0.3, 0.4) is 0 Å². The van der Waals surface area contributed by atoms with Gasteiger partial charge in [0.1, 0.15) is 0 Å². The number of rotatable bonds is 6. The number of guanidine groups is 1. The van der Waals surface area contributed by atoms with Crippen LogP contribution in [0.15, 0.2) is 4.99 Å². The van der Waals surface area contributed by atoms with E-state index in [1.807, 2.05) is 11.9 Å². The Bertz CT molecular complexity index is 533. The van der Waals surface area contributed by atoms with Crippen LogP contribution in [-0.4, -0.2) is 137 Å². The van der Waals surface area contributed by atoms with Gasteiger partial charge in [0.05, 0.1) is 33.0 Å². The lowest BCUT2D eigenvalue weighted by Gasteiger charge is -2.37. The molecule has 0 spiro atoms. The average molecular weight is 538 g/mol. The molecule has 3 fully saturated rings. The van der Waals surface area contributed by atoms with E-state index < -0.39 is 0 Å². The summed E-state index contributed by atoms with van der Waals surface area (Å²) in [4.78, 5) is 25.9. The molecule has 3 saturated heterocycles. The topological polar surface area (TPSA) is 72.9 Å². The molecule has 1 atom stereocenters. The maximum Gasteiger partial charge on any atom is 0.236 e. The number of carbonyl (C=O) groups excluding carboxylic acids is 1. The second kappa shape index (κ2) is 13.7. The molecule has 1 unspecified atom stereocenters. The van der Waals surface area contributed by atoms with Crippen molar-refractivity contribution >= 4 is 35.8 Å². The maximum absolute atomic E-state index is 12.4. The van der Waals surface area contributed by atoms with Gasteiger partial charge in [0, 0.05) is 72.5 Å². The number of piperazine rings is 1. The van der Waals surface area contributed by atoms with Crippen molar-refractivity contribution in [3.8, 4) is 0 Å². The summed E-state index contributed by atoms with van der Waals surface area (Å²) in [6.45, 7) is 14.9. The molecule has 0 aromatic rings. The lowest BCUT2D eigenvalue weighted by Crippen LogP contribution is -2.55. The summed E-state index contributed by atoms with van der Waals surface area (Å²) in [6.07, 6.45) is 0. The second-order valence-corrected chi connectivity index (χ2v) is 8.20. The van der Waals surface area contributed by atoms with Crippen molar-refractivity contribution in [3.63, 3.8) is 0 Å². The minimum atomic E-state index is 0. The van der Waals surface area contributed by atoms with Crippen LogP contribution in [0.2, 0.25) is 0 Å². The van der Waals surface area contributed by atoms with Gasteiger partial charge in [-0.1, -0.05) is 6.92 Å². The van der Waals surface area contributed by atoms with E-state index in [-0.39, 0.29) is 29.9 Å². The SMILES string of the molecule is CN=C(NCC(C)CN1CCOCC1)N1CCN(CC(=O)N2CCOCC2)CC1.I. The summed E-state index contributed by atoms with van der Waals surface area (Å²) < 4.78 is 10.8. The molecule has 1 amide bonds. The fourth-order valence-corrected chi connectivity index (χ4v) is 4.11. The van der Waals surface area contributed by atoms with Gasteiger partial charge in [0.2, 0.25) is 5.91 Å². The average Bonchev–Trinajstić information content (AvgIpc) is 2.76. The summed E-state index contributed by atoms with van der Waals surface area (Å²) in [6, 6.07) is 0. The number of aliphatic imine (C=N–C) groups is 1. The standard InChI is InChI=1S/C20H38N6O3.HI/c1-18(16-24-7-11-28-12-8-24)15-22-20(21-2)26-5-3-23(4-6-26)17-19(27)25-9-13-29-14-10-25;/h18H,3-17H2,1-2H3,(H,21,22);1H. The number of hydrogen-bond acceptors (Lipinski definition) is 6. The smallest absolute Gasteiger partial charge is 0.236 e. The number of nitrogens with zero attached hydrogens (tertiary/aromatic N) is 5. The monoisotopic (exact) mass is 538 g/mol. The minimum absolute atomic E-state index is 0. The molecule has 174 valence electrons. The van der Waals surface area contributed by atoms with Crippen LogP contribution in [0.5, 0.6) is 0 Å². The van der Waals surface area contributed by atoms with Crippen LogP contribution in [0.4, 0.5) is 0 Å². The molecule has 1 N–H and O–H groups in total. The Morgan fingerprint density at radius 1 is 0.900 bits per heavy atom. The maximum atomic E-state index is 12.4. The first kappa shape index (κ1) is 25.6. The molecule has 3 aliphatic heterocycles. The zero-order chi connectivity index (χ0) is 20.5. The third kappa shape index (κ3) is 8.10. The Kier molecular flexibility index (Phi) is 11.6. The largest absolute Gasteiger partial charge is 0.379 e. The number of amides is 1. The Morgan fingerprint density at radius 2 is 1.50 bits per heavy atom. The van der Waals surface area contributed by atoms with Gasteiger partial charge < -0.3 is 24.6 Å². The van der Waals surface area contributed by atoms with Gasteiger partial charge in [-0.25, -0.2) is 0 Å². The van der Waals surface area contributed by atoms with E-state index in [0.29, 0.717) is 25.7 Å². The number of morpholine rings is 2. The normalized spacial score (nSPS) is 23.1. The van der Waals surface area contributed by atoms with Crippen LogP contribution >= 0.6 is 24.0 Å². The van der Waals surface area contributed by atoms with Crippen LogP contribution in [-0.2, 0) is 14.3 Å². The third-order valence-electron chi connectivity index (χ3n) is 5.89. The van der Waals surface area contributed by atoms with Crippen LogP contribution in [0.25, 0.3) is 0 Å². The van der Waals surface area contributed by atoms with E-state index in [9.17, 15) is 4.79 Å². The summed E-state index contributed by atoms with van der Waals surface area (Å²) in [5, 5.41) is 3.55. The van der Waals surface area contributed by atoms with Gasteiger partial charge in [-0.15, -0.1) is 24.0 Å². The molecule has 0 radical (unpaired) electrons. The van der Waals surface area contributed by atoms with E-state index in [1.165, 1.54) is 0 Å². The highest BCUT2D eigenvalue weighted by Crippen LogP contribution is 2.06. The fraction of sp³-hybridized carbons (Fsp3) is 0.900. The lowest BCUT2D eigenvalue weighted by atomic mass is 10.1. The van der Waals surface area contributed by atoms with Gasteiger partial charge in [-0.05, 0) is 5.92 Å². The summed E-state index contributed by atoms with van der Waals surface area (Å²) in [7, 11) is 1.85. The van der Waals surface area contributed by atoms with Gasteiger partial charge in [0.25, 0.3) is 0 Å². The van der Waals surface area contributed by atoms with Crippen molar-refractivity contribution < 1.29 is 14.3 Å². The van der Waals surface area contributed by atoms with Crippen LogP contribution in [0.1, 0.15) is 6.92 Å². The van der Waals surface area contributed by atoms with E-state index in [1.54, 1.807) is 0 Å². The van der Waals surface area contributed by atoms with Crippen molar-refractivity contribution in [1.29, 1.82) is 0 Å². The van der Waals surface area contributed by atoms with Gasteiger partial charge in [-0.2, -0.15) is 0 Å². The quantitative estimate of drug-likeness (QED) is 0.281. The Hall–Kier alpha value is -0.690. The molecule has 0 saturated carbocycles. The zero-order valence-electron chi connectivity index (χ0n) is 18.6. The molecule has 0 aliphatic carbocycles. The molecule has 30 heavy (non-hydrogen) atoms. The summed E-state index contributed by atoms with van der Waals surface area (Å²) >= 11 is 0. The van der Waals surface area contributed by atoms with E-state index >= 15 is 0 Å². The molecule has 3 heterocycles. The minimum Gasteiger partial charge on any atom is -0.379 e. The zero-order valence-corrected chi connectivity index (χ0v) is 20.9. The fourth-order valence-electron chi connectivity index (χ4n) is 4.11. The predicted octanol–water partition coefficient (Wildman–Crippen LogP) is -0.375. The van der Waals surface area contributed by atoms with Gasteiger partial charge in [-0.3, -0.25) is 19.6 Å². The summed E-state index contributed by atoms with van der Waals surface area (Å²) in [5.74, 6) is 1.75. The first-order valence-electron chi connectivity index (χ1n) is 11.0. The van der Waals surface area contributed by atoms with E-state index in [4.69, 9.17) is 9.47 Å². The second-order valence-electron chi connectivity index (χ2n) is 8.20. The third-order valence-corrected chi connectivity index (χ3v) is 5.89. The van der Waals surface area contributed by atoms with Crippen molar-refractivity contribution in [3.05, 3.63) is 0 Å². The Balaban J connectivity index is 0.00000320. The molecular formula is C20H39IN6O3. The molecule has 0 bridgehead atoms. The molecule has 9 nitrogen and oxygen atoms in total. The number of nitrogens with one attached hydrogen (secondary N) is 1. The number of carbonyl (C=O) groups is 1. The van der Waals surface area contributed by atoms with E-state index in [0.717, 1.165) is 84.6 Å². The van der Waals surface area contributed by atoms with Crippen LogP contribution < -0.4 is 5.32 Å². The molecular weight excluding hydrogens is 499 g/mol. The number of halogens is 1. The van der Waals surface area contributed by atoms with Crippen LogP contribution in [0, 0.1) is 5.92 Å². The van der Waals surface area contributed by atoms with Crippen molar-refractivity contribution in [1.82, 2.24) is 24.9 Å². The van der Waals surface area contributed by atoms with Gasteiger partial charge >= 0.3 is 0 Å². The molecule has 3 rings (SSSR count). The van der Waals surface area contributed by atoms with Crippen molar-refractivity contribution in [2.24, 2.45) is 10.9 Å². The number of hydrogen-bond donors (Lipinski definition) is 1. The molecule has 3 aliphatic rings. The van der Waals surface area contributed by atoms with Gasteiger partial charge in [0.15, 0.2) is 5.96 Å². The lowest BCUT2D eigenvalue weighted by molar-refractivity contribution is -0.136. The molecule has 10 heteroatoms. The highest BCUT2D eigenvalue weighted by atomic mass is 127.